The maximum absolute atomic E-state index is 6.05. The van der Waals surface area contributed by atoms with Crippen LogP contribution in [0.3, 0.4) is 0 Å². The summed E-state index contributed by atoms with van der Waals surface area (Å²) in [6.07, 6.45) is 0. The third kappa shape index (κ3) is 3.99. The van der Waals surface area contributed by atoms with Crippen LogP contribution in [0.5, 0.6) is 0 Å². The highest BCUT2D eigenvalue weighted by atomic mass is 35.5. The van der Waals surface area contributed by atoms with Gasteiger partial charge < -0.3 is 10.6 Å². The van der Waals surface area contributed by atoms with E-state index in [1.54, 1.807) is 0 Å². The van der Waals surface area contributed by atoms with Crippen molar-refractivity contribution in [3.05, 3.63) is 58.1 Å². The molecular formula is C18H21ClN2S. The Kier molecular flexibility index (Phi) is 5.43. The summed E-state index contributed by atoms with van der Waals surface area (Å²) in [6.45, 7) is 8.46. The van der Waals surface area contributed by atoms with Crippen molar-refractivity contribution >= 4 is 40.3 Å². The fourth-order valence-corrected chi connectivity index (χ4v) is 2.72. The predicted molar refractivity (Wildman–Crippen MR) is 101 cm³/mol. The lowest BCUT2D eigenvalue weighted by Gasteiger charge is -2.19. The van der Waals surface area contributed by atoms with Crippen molar-refractivity contribution in [1.29, 1.82) is 0 Å². The minimum atomic E-state index is 0.429. The first-order chi connectivity index (χ1) is 10.4. The van der Waals surface area contributed by atoms with Crippen LogP contribution in [-0.2, 0) is 0 Å². The molecule has 116 valence electrons. The second-order valence-electron chi connectivity index (χ2n) is 5.73. The van der Waals surface area contributed by atoms with Gasteiger partial charge in [0.25, 0.3) is 0 Å². The zero-order valence-corrected chi connectivity index (χ0v) is 14.9. The van der Waals surface area contributed by atoms with Crippen LogP contribution in [0.4, 0.5) is 11.4 Å². The molecule has 22 heavy (non-hydrogen) atoms. The largest absolute Gasteiger partial charge is 0.332 e. The molecule has 0 saturated heterocycles. The number of nitrogens with one attached hydrogen (secondary N) is 2. The first-order valence-corrected chi connectivity index (χ1v) is 8.10. The Morgan fingerprint density at radius 3 is 2.45 bits per heavy atom. The van der Waals surface area contributed by atoms with Crippen LogP contribution >= 0.6 is 23.8 Å². The minimum Gasteiger partial charge on any atom is -0.332 e. The van der Waals surface area contributed by atoms with Crippen LogP contribution in [-0.4, -0.2) is 5.11 Å². The van der Waals surface area contributed by atoms with Gasteiger partial charge in [0.15, 0.2) is 5.11 Å². The number of hydrogen-bond donors (Lipinski definition) is 2. The van der Waals surface area contributed by atoms with Gasteiger partial charge in [-0.3, -0.25) is 0 Å². The molecule has 2 rings (SSSR count). The van der Waals surface area contributed by atoms with E-state index in [2.05, 4.69) is 49.6 Å². The van der Waals surface area contributed by atoms with E-state index in [1.807, 2.05) is 25.1 Å². The summed E-state index contributed by atoms with van der Waals surface area (Å²) >= 11 is 11.5. The number of anilines is 2. The van der Waals surface area contributed by atoms with Gasteiger partial charge in [0, 0.05) is 16.4 Å². The molecule has 4 heteroatoms. The molecule has 0 radical (unpaired) electrons. The van der Waals surface area contributed by atoms with Crippen molar-refractivity contribution < 1.29 is 0 Å². The third-order valence-electron chi connectivity index (χ3n) is 3.61. The van der Waals surface area contributed by atoms with E-state index >= 15 is 0 Å². The molecule has 0 aliphatic carbocycles. The number of rotatable bonds is 3. The summed E-state index contributed by atoms with van der Waals surface area (Å²) in [6, 6.07) is 12.0. The van der Waals surface area contributed by atoms with Gasteiger partial charge in [0.05, 0.1) is 0 Å². The third-order valence-corrected chi connectivity index (χ3v) is 4.05. The lowest BCUT2D eigenvalue weighted by atomic mass is 9.98. The minimum absolute atomic E-state index is 0.429. The first-order valence-electron chi connectivity index (χ1n) is 7.32. The second kappa shape index (κ2) is 7.12. The van der Waals surface area contributed by atoms with Gasteiger partial charge in [-0.2, -0.15) is 0 Å². The summed E-state index contributed by atoms with van der Waals surface area (Å²) < 4.78 is 0. The van der Waals surface area contributed by atoms with Crippen molar-refractivity contribution in [3.8, 4) is 0 Å². The van der Waals surface area contributed by atoms with Crippen molar-refractivity contribution in [1.82, 2.24) is 0 Å². The molecule has 0 amide bonds. The Morgan fingerprint density at radius 1 is 1.05 bits per heavy atom. The maximum Gasteiger partial charge on any atom is 0.175 e. The van der Waals surface area contributed by atoms with Gasteiger partial charge in [-0.25, -0.2) is 0 Å². The van der Waals surface area contributed by atoms with Gasteiger partial charge in [-0.15, -0.1) is 0 Å². The highest BCUT2D eigenvalue weighted by Crippen LogP contribution is 2.28. The van der Waals surface area contributed by atoms with Crippen molar-refractivity contribution in [2.24, 2.45) is 0 Å². The summed E-state index contributed by atoms with van der Waals surface area (Å²) in [7, 11) is 0. The van der Waals surface area contributed by atoms with E-state index < -0.39 is 0 Å². The molecule has 0 spiro atoms. The Hall–Kier alpha value is -1.58. The lowest BCUT2D eigenvalue weighted by molar-refractivity contribution is 0.868. The number of aryl methyl sites for hydroxylation is 2. The number of thiocarbonyl (C=S) groups is 1. The fourth-order valence-electron chi connectivity index (χ4n) is 2.34. The molecule has 2 N–H and O–H groups in total. The quantitative estimate of drug-likeness (QED) is 0.685. The van der Waals surface area contributed by atoms with Gasteiger partial charge in [0.2, 0.25) is 0 Å². The van der Waals surface area contributed by atoms with E-state index in [-0.39, 0.29) is 0 Å². The van der Waals surface area contributed by atoms with Crippen LogP contribution in [0.1, 0.15) is 36.5 Å². The number of halogens is 1. The van der Waals surface area contributed by atoms with E-state index in [0.717, 1.165) is 16.9 Å². The Bertz CT molecular complexity index is 695. The maximum atomic E-state index is 6.05. The van der Waals surface area contributed by atoms with E-state index in [9.17, 15) is 0 Å². The molecule has 2 aromatic carbocycles. The molecule has 0 heterocycles. The standard InChI is InChI=1S/C18H21ClN2S/c1-11(2)15-7-5-6-13(4)17(15)21-18(22)20-16-10-14(19)9-8-12(16)3/h5-11H,1-4H3,(H2,20,21,22). The molecule has 0 aliphatic rings. The summed E-state index contributed by atoms with van der Waals surface area (Å²) in [5, 5.41) is 7.82. The van der Waals surface area contributed by atoms with Crippen LogP contribution < -0.4 is 10.6 Å². The molecule has 2 nitrogen and oxygen atoms in total. The smallest absolute Gasteiger partial charge is 0.175 e. The van der Waals surface area contributed by atoms with Crippen molar-refractivity contribution in [2.75, 3.05) is 10.6 Å². The predicted octanol–water partition coefficient (Wildman–Crippen LogP) is 5.89. The normalized spacial score (nSPS) is 10.6. The highest BCUT2D eigenvalue weighted by molar-refractivity contribution is 7.80. The first kappa shape index (κ1) is 16.8. The van der Waals surface area contributed by atoms with Gasteiger partial charge in [-0.1, -0.05) is 49.7 Å². The van der Waals surface area contributed by atoms with Crippen LogP contribution in [0.2, 0.25) is 5.02 Å². The molecule has 0 saturated carbocycles. The van der Waals surface area contributed by atoms with E-state index in [1.165, 1.54) is 11.1 Å². The summed E-state index contributed by atoms with van der Waals surface area (Å²) in [5.41, 5.74) is 5.53. The van der Waals surface area contributed by atoms with Crippen LogP contribution in [0, 0.1) is 13.8 Å². The average molecular weight is 333 g/mol. The molecule has 0 aliphatic heterocycles. The Labute approximate surface area is 142 Å². The van der Waals surface area contributed by atoms with Gasteiger partial charge >= 0.3 is 0 Å². The van der Waals surface area contributed by atoms with Crippen molar-refractivity contribution in [3.63, 3.8) is 0 Å². The van der Waals surface area contributed by atoms with Gasteiger partial charge in [0.1, 0.15) is 0 Å². The SMILES string of the molecule is Cc1ccc(Cl)cc1NC(=S)Nc1c(C)cccc1C(C)C. The topological polar surface area (TPSA) is 24.1 Å². The highest BCUT2D eigenvalue weighted by Gasteiger charge is 2.11. The average Bonchev–Trinajstić information content (AvgIpc) is 2.44. The number of hydrogen-bond acceptors (Lipinski definition) is 1. The molecule has 0 aromatic heterocycles. The zero-order valence-electron chi connectivity index (χ0n) is 13.3. The van der Waals surface area contributed by atoms with Crippen LogP contribution in [0.25, 0.3) is 0 Å². The molecule has 0 unspecified atom stereocenters. The monoisotopic (exact) mass is 332 g/mol. The second-order valence-corrected chi connectivity index (χ2v) is 6.58. The van der Waals surface area contributed by atoms with E-state index in [4.69, 9.17) is 23.8 Å². The summed E-state index contributed by atoms with van der Waals surface area (Å²) in [5.74, 6) is 0.429. The van der Waals surface area contributed by atoms with Crippen LogP contribution in [0.15, 0.2) is 36.4 Å². The lowest BCUT2D eigenvalue weighted by Crippen LogP contribution is -2.21. The van der Waals surface area contributed by atoms with Crippen molar-refractivity contribution in [2.45, 2.75) is 33.6 Å². The fraction of sp³-hybridized carbons (Fsp3) is 0.278. The van der Waals surface area contributed by atoms with Gasteiger partial charge in [-0.05, 0) is 60.8 Å². The Balaban J connectivity index is 2.21. The summed E-state index contributed by atoms with van der Waals surface area (Å²) in [4.78, 5) is 0. The zero-order chi connectivity index (χ0) is 16.3. The number of benzene rings is 2. The molecule has 0 atom stereocenters. The number of para-hydroxylation sites is 1. The molecular weight excluding hydrogens is 312 g/mol. The van der Waals surface area contributed by atoms with E-state index in [0.29, 0.717) is 16.1 Å². The Morgan fingerprint density at radius 2 is 1.77 bits per heavy atom. The molecule has 0 bridgehead atoms. The molecule has 0 fully saturated rings. The molecule has 2 aromatic rings.